The monoisotopic (exact) mass is 416 g/mol. The Hall–Kier alpha value is -2.89. The molecule has 3 aromatic carbocycles. The molecule has 1 aliphatic heterocycles. The van der Waals surface area contributed by atoms with Crippen molar-refractivity contribution >= 4 is 22.4 Å². The summed E-state index contributed by atoms with van der Waals surface area (Å²) >= 11 is 0. The summed E-state index contributed by atoms with van der Waals surface area (Å²) < 4.78 is 0. The number of hydrogen-bond acceptors (Lipinski definition) is 4. The molecule has 5 heteroatoms. The number of fused-ring (bicyclic) bond motifs is 1. The zero-order valence-corrected chi connectivity index (χ0v) is 18.7. The fourth-order valence-electron chi connectivity index (χ4n) is 4.21. The summed E-state index contributed by atoms with van der Waals surface area (Å²) in [4.78, 5) is 19.9. The van der Waals surface area contributed by atoms with Crippen molar-refractivity contribution in [2.75, 3.05) is 58.8 Å². The maximum absolute atomic E-state index is 13.0. The van der Waals surface area contributed by atoms with Gasteiger partial charge in [0.2, 0.25) is 0 Å². The Morgan fingerprint density at radius 1 is 0.935 bits per heavy atom. The van der Waals surface area contributed by atoms with Crippen LogP contribution in [0.4, 0.5) is 5.69 Å². The molecule has 1 amide bonds. The van der Waals surface area contributed by atoms with Crippen LogP contribution in [-0.2, 0) is 0 Å². The zero-order valence-electron chi connectivity index (χ0n) is 18.7. The second kappa shape index (κ2) is 9.50. The van der Waals surface area contributed by atoms with Crippen LogP contribution < -0.4 is 10.2 Å². The highest BCUT2D eigenvalue weighted by Crippen LogP contribution is 2.24. The van der Waals surface area contributed by atoms with Crippen molar-refractivity contribution in [1.29, 1.82) is 0 Å². The Labute approximate surface area is 185 Å². The van der Waals surface area contributed by atoms with Gasteiger partial charge in [-0.15, -0.1) is 0 Å². The molecule has 0 spiro atoms. The molecule has 1 N–H and O–H groups in total. The molecule has 1 unspecified atom stereocenters. The molecule has 5 nitrogen and oxygen atoms in total. The van der Waals surface area contributed by atoms with Gasteiger partial charge in [0, 0.05) is 58.1 Å². The minimum atomic E-state index is -0.0187. The van der Waals surface area contributed by atoms with E-state index in [1.807, 2.05) is 36.4 Å². The number of nitrogens with one attached hydrogen (secondary N) is 1. The average Bonchev–Trinajstić information content (AvgIpc) is 2.80. The summed E-state index contributed by atoms with van der Waals surface area (Å²) in [6.07, 6.45) is 0. The van der Waals surface area contributed by atoms with Crippen LogP contribution in [0.3, 0.4) is 0 Å². The number of hydrogen-bond donors (Lipinski definition) is 1. The van der Waals surface area contributed by atoms with E-state index in [1.165, 1.54) is 11.3 Å². The summed E-state index contributed by atoms with van der Waals surface area (Å²) in [5.74, 6) is -0.0187. The van der Waals surface area contributed by atoms with Gasteiger partial charge in [-0.3, -0.25) is 9.69 Å². The molecule has 1 fully saturated rings. The zero-order chi connectivity index (χ0) is 21.8. The van der Waals surface area contributed by atoms with Crippen LogP contribution in [0.2, 0.25) is 0 Å². The molecule has 4 rings (SSSR count). The minimum Gasteiger partial charge on any atom is -0.378 e. The standard InChI is InChI=1S/C26H32N4O/c1-28(2)24-12-10-21(11-13-24)25(30-16-14-29(3)15-17-30)19-27-26(31)23-9-8-20-6-4-5-7-22(20)18-23/h4-13,18,25H,14-17,19H2,1-3H3,(H,27,31). The molecule has 162 valence electrons. The van der Waals surface area contributed by atoms with Crippen molar-refractivity contribution in [2.24, 2.45) is 0 Å². The van der Waals surface area contributed by atoms with Gasteiger partial charge < -0.3 is 15.1 Å². The van der Waals surface area contributed by atoms with E-state index in [9.17, 15) is 4.79 Å². The number of amides is 1. The smallest absolute Gasteiger partial charge is 0.251 e. The van der Waals surface area contributed by atoms with Gasteiger partial charge in [0.05, 0.1) is 6.04 Å². The number of benzene rings is 3. The van der Waals surface area contributed by atoms with Gasteiger partial charge in [-0.05, 0) is 47.6 Å². The van der Waals surface area contributed by atoms with Crippen molar-refractivity contribution in [3.05, 3.63) is 77.9 Å². The molecule has 1 atom stereocenters. The third-order valence-corrected chi connectivity index (χ3v) is 6.24. The van der Waals surface area contributed by atoms with E-state index in [1.54, 1.807) is 0 Å². The maximum atomic E-state index is 13.0. The molecule has 1 aliphatic rings. The van der Waals surface area contributed by atoms with E-state index in [0.717, 1.165) is 37.0 Å². The lowest BCUT2D eigenvalue weighted by Crippen LogP contribution is -2.48. The summed E-state index contributed by atoms with van der Waals surface area (Å²) in [6.45, 7) is 4.69. The van der Waals surface area contributed by atoms with Gasteiger partial charge in [0.25, 0.3) is 5.91 Å². The quantitative estimate of drug-likeness (QED) is 0.666. The summed E-state index contributed by atoms with van der Waals surface area (Å²) in [6, 6.07) is 22.9. The molecule has 0 aliphatic carbocycles. The number of nitrogens with zero attached hydrogens (tertiary/aromatic N) is 3. The second-order valence-electron chi connectivity index (χ2n) is 8.61. The van der Waals surface area contributed by atoms with E-state index in [2.05, 4.69) is 71.5 Å². The normalized spacial score (nSPS) is 16.2. The molecular weight excluding hydrogens is 384 g/mol. The summed E-state index contributed by atoms with van der Waals surface area (Å²) in [7, 11) is 6.27. The molecule has 3 aromatic rings. The summed E-state index contributed by atoms with van der Waals surface area (Å²) in [5.41, 5.74) is 3.13. The first kappa shape index (κ1) is 21.3. The number of piperazine rings is 1. The number of carbonyl (C=O) groups is 1. The molecule has 0 aromatic heterocycles. The molecule has 31 heavy (non-hydrogen) atoms. The Morgan fingerprint density at radius 2 is 1.61 bits per heavy atom. The van der Waals surface area contributed by atoms with Crippen LogP contribution in [0, 0.1) is 0 Å². The predicted octanol–water partition coefficient (Wildman–Crippen LogP) is 3.62. The predicted molar refractivity (Wildman–Crippen MR) is 129 cm³/mol. The van der Waals surface area contributed by atoms with E-state index in [-0.39, 0.29) is 11.9 Å². The highest BCUT2D eigenvalue weighted by atomic mass is 16.1. The Balaban J connectivity index is 1.51. The number of carbonyl (C=O) groups excluding carboxylic acids is 1. The fourth-order valence-corrected chi connectivity index (χ4v) is 4.21. The molecular formula is C26H32N4O. The van der Waals surface area contributed by atoms with E-state index >= 15 is 0 Å². The summed E-state index contributed by atoms with van der Waals surface area (Å²) in [5, 5.41) is 5.44. The van der Waals surface area contributed by atoms with Crippen molar-refractivity contribution in [3.8, 4) is 0 Å². The molecule has 1 heterocycles. The first-order chi connectivity index (χ1) is 15.0. The van der Waals surface area contributed by atoms with Gasteiger partial charge in [0.1, 0.15) is 0 Å². The molecule has 0 bridgehead atoms. The van der Waals surface area contributed by atoms with E-state index in [4.69, 9.17) is 0 Å². The van der Waals surface area contributed by atoms with Crippen molar-refractivity contribution in [3.63, 3.8) is 0 Å². The van der Waals surface area contributed by atoms with Crippen molar-refractivity contribution in [2.45, 2.75) is 6.04 Å². The van der Waals surface area contributed by atoms with Crippen LogP contribution in [0.1, 0.15) is 22.0 Å². The SMILES string of the molecule is CN1CCN(C(CNC(=O)c2ccc3ccccc3c2)c2ccc(N(C)C)cc2)CC1. The van der Waals surface area contributed by atoms with Crippen molar-refractivity contribution < 1.29 is 4.79 Å². The first-order valence-electron chi connectivity index (χ1n) is 11.0. The topological polar surface area (TPSA) is 38.8 Å². The average molecular weight is 417 g/mol. The lowest BCUT2D eigenvalue weighted by atomic mass is 10.0. The van der Waals surface area contributed by atoms with Gasteiger partial charge >= 0.3 is 0 Å². The Morgan fingerprint density at radius 3 is 2.29 bits per heavy atom. The Bertz CT molecular complexity index is 1020. The van der Waals surface area contributed by atoms with Crippen LogP contribution in [0.25, 0.3) is 10.8 Å². The maximum Gasteiger partial charge on any atom is 0.251 e. The lowest BCUT2D eigenvalue weighted by Gasteiger charge is -2.38. The largest absolute Gasteiger partial charge is 0.378 e. The molecule has 0 saturated carbocycles. The van der Waals surface area contributed by atoms with Crippen LogP contribution in [0.5, 0.6) is 0 Å². The highest BCUT2D eigenvalue weighted by molar-refractivity contribution is 5.98. The number of likely N-dealkylation sites (N-methyl/N-ethyl adjacent to an activating group) is 1. The third kappa shape index (κ3) is 5.06. The van der Waals surface area contributed by atoms with Gasteiger partial charge in [0.15, 0.2) is 0 Å². The van der Waals surface area contributed by atoms with Crippen LogP contribution in [-0.4, -0.2) is 69.6 Å². The first-order valence-corrected chi connectivity index (χ1v) is 11.0. The van der Waals surface area contributed by atoms with Crippen LogP contribution in [0.15, 0.2) is 66.7 Å². The highest BCUT2D eigenvalue weighted by Gasteiger charge is 2.24. The lowest BCUT2D eigenvalue weighted by molar-refractivity contribution is 0.0886. The number of rotatable bonds is 6. The van der Waals surface area contributed by atoms with Gasteiger partial charge in [-0.25, -0.2) is 0 Å². The Kier molecular flexibility index (Phi) is 6.54. The second-order valence-corrected chi connectivity index (χ2v) is 8.61. The van der Waals surface area contributed by atoms with Crippen molar-refractivity contribution in [1.82, 2.24) is 15.1 Å². The van der Waals surface area contributed by atoms with Crippen LogP contribution >= 0.6 is 0 Å². The fraction of sp³-hybridized carbons (Fsp3) is 0.346. The number of anilines is 1. The minimum absolute atomic E-state index is 0.0187. The molecule has 1 saturated heterocycles. The third-order valence-electron chi connectivity index (χ3n) is 6.24. The van der Waals surface area contributed by atoms with Gasteiger partial charge in [-0.2, -0.15) is 0 Å². The van der Waals surface area contributed by atoms with Gasteiger partial charge in [-0.1, -0.05) is 42.5 Å². The van der Waals surface area contributed by atoms with E-state index in [0.29, 0.717) is 12.1 Å². The van der Waals surface area contributed by atoms with E-state index < -0.39 is 0 Å². The molecule has 0 radical (unpaired) electrons.